The second-order valence-electron chi connectivity index (χ2n) is 11.6. The molecule has 0 aromatic carbocycles. The Kier molecular flexibility index (Phi) is 22.2. The molecular formula is C34H46O25. The smallest absolute Gasteiger partial charge is 0.377 e. The summed E-state index contributed by atoms with van der Waals surface area (Å²) >= 11 is 0. The molecule has 0 fully saturated rings. The number of ether oxygens (including phenoxy) is 7. The van der Waals surface area contributed by atoms with Gasteiger partial charge in [-0.15, -0.1) is 0 Å². The number of carbonyl (C=O) groups excluding carboxylic acids is 12. The van der Waals surface area contributed by atoms with Gasteiger partial charge in [0.05, 0.1) is 63.7 Å². The Morgan fingerprint density at radius 2 is 0.458 bits per heavy atom. The van der Waals surface area contributed by atoms with Crippen molar-refractivity contribution < 1.29 is 121 Å². The van der Waals surface area contributed by atoms with Crippen LogP contribution in [0, 0.1) is 10.8 Å². The van der Waals surface area contributed by atoms with Crippen molar-refractivity contribution in [2.45, 2.75) is 78.2 Å². The van der Waals surface area contributed by atoms with Crippen LogP contribution in [0.3, 0.4) is 0 Å². The van der Waals surface area contributed by atoms with Crippen LogP contribution in [-0.2, 0) is 90.7 Å². The van der Waals surface area contributed by atoms with Crippen molar-refractivity contribution in [2.75, 3.05) is 52.9 Å². The van der Waals surface area contributed by atoms with E-state index < -0.39 is 171 Å². The summed E-state index contributed by atoms with van der Waals surface area (Å²) in [7, 11) is 0. The van der Waals surface area contributed by atoms with Crippen LogP contribution in [-0.4, -0.2) is 191 Å². The lowest BCUT2D eigenvalue weighted by Gasteiger charge is -2.44. The Labute approximate surface area is 333 Å². The fourth-order valence-electron chi connectivity index (χ4n) is 5.12. The van der Waals surface area contributed by atoms with E-state index in [9.17, 15) is 88.2 Å². The number of aliphatic hydroxyl groups is 6. The van der Waals surface area contributed by atoms with Gasteiger partial charge in [0.25, 0.3) is 34.7 Å². The third-order valence-corrected chi connectivity index (χ3v) is 8.11. The molecular weight excluding hydrogens is 808 g/mol. The first-order chi connectivity index (χ1) is 27.5. The predicted molar refractivity (Wildman–Crippen MR) is 182 cm³/mol. The summed E-state index contributed by atoms with van der Waals surface area (Å²) in [4.78, 5) is 155. The van der Waals surface area contributed by atoms with E-state index in [-0.39, 0.29) is 0 Å². The lowest BCUT2D eigenvalue weighted by Crippen LogP contribution is -2.67. The SMILES string of the molecule is CCOC(=O)C(=O)C(O)C(COCC(C(O)C(=O)C(=O)OCC)(C(O)C(=O)C(=O)OCC)C(O)C(=O)C(=O)OCC)(C(O)C(=O)C(=O)OCC)C(O)C(=O)C(=O)OCC. The number of carbonyl (C=O) groups is 12. The molecule has 0 radical (unpaired) electrons. The molecule has 6 N–H and O–H groups in total. The fourth-order valence-corrected chi connectivity index (χ4v) is 5.12. The van der Waals surface area contributed by atoms with Crippen molar-refractivity contribution in [3.05, 3.63) is 0 Å². The summed E-state index contributed by atoms with van der Waals surface area (Å²) in [6.07, 6.45) is -21.1. The fraction of sp³-hybridized carbons (Fsp3) is 0.647. The number of aliphatic hydroxyl groups excluding tert-OH is 6. The first-order valence-electron chi connectivity index (χ1n) is 17.4. The number of hydrogen-bond acceptors (Lipinski definition) is 25. The number of ketones is 6. The van der Waals surface area contributed by atoms with Crippen molar-refractivity contribution in [3.8, 4) is 0 Å². The minimum Gasteiger partial charge on any atom is -0.460 e. The van der Waals surface area contributed by atoms with E-state index in [2.05, 4.69) is 28.4 Å². The third kappa shape index (κ3) is 12.3. The van der Waals surface area contributed by atoms with Gasteiger partial charge in [0.15, 0.2) is 0 Å². The van der Waals surface area contributed by atoms with E-state index in [1.807, 2.05) is 0 Å². The minimum atomic E-state index is -3.98. The van der Waals surface area contributed by atoms with Crippen LogP contribution in [0.4, 0.5) is 0 Å². The van der Waals surface area contributed by atoms with Gasteiger partial charge in [0.1, 0.15) is 36.6 Å². The third-order valence-electron chi connectivity index (χ3n) is 8.11. The van der Waals surface area contributed by atoms with Crippen molar-refractivity contribution in [2.24, 2.45) is 10.8 Å². The molecule has 0 bridgehead atoms. The first-order valence-corrected chi connectivity index (χ1v) is 17.4. The average Bonchev–Trinajstić information content (AvgIpc) is 3.21. The van der Waals surface area contributed by atoms with Crippen LogP contribution in [0.1, 0.15) is 41.5 Å². The molecule has 0 amide bonds. The molecule has 0 aliphatic heterocycles. The van der Waals surface area contributed by atoms with E-state index >= 15 is 0 Å². The van der Waals surface area contributed by atoms with Crippen LogP contribution in [0.25, 0.3) is 0 Å². The number of rotatable bonds is 28. The Balaban J connectivity index is 8.48. The maximum absolute atomic E-state index is 13.2. The monoisotopic (exact) mass is 854 g/mol. The quantitative estimate of drug-likeness (QED) is 0.0242. The van der Waals surface area contributed by atoms with Gasteiger partial charge in [-0.2, -0.15) is 0 Å². The zero-order chi connectivity index (χ0) is 46.0. The summed E-state index contributed by atoms with van der Waals surface area (Å²) in [5.74, 6) is -25.6. The second-order valence-corrected chi connectivity index (χ2v) is 11.6. The molecule has 0 saturated carbocycles. The Morgan fingerprint density at radius 1 is 0.322 bits per heavy atom. The first kappa shape index (κ1) is 53.6. The summed E-state index contributed by atoms with van der Waals surface area (Å²) < 4.78 is 32.1. The lowest BCUT2D eigenvalue weighted by atomic mass is 9.67. The van der Waals surface area contributed by atoms with Gasteiger partial charge in [-0.1, -0.05) is 0 Å². The Hall–Kier alpha value is -5.44. The molecule has 6 atom stereocenters. The summed E-state index contributed by atoms with van der Waals surface area (Å²) in [5.41, 5.74) is -7.96. The average molecular weight is 855 g/mol. The maximum atomic E-state index is 13.2. The molecule has 59 heavy (non-hydrogen) atoms. The molecule has 0 aromatic rings. The standard InChI is InChI=1S/C34H46O25/c1-7-54-27(47)15(35)21(41)33(22(42)16(36)28(48)55-8-2,23(43)17(37)29(49)56-9-3)13-53-14-34(24(44)18(38)30(50)57-10-4,25(45)19(39)31(51)58-11-5)26(46)20(40)32(52)59-12-6/h21-26,41-46H,7-14H2,1-6H3. The van der Waals surface area contributed by atoms with Gasteiger partial charge in [0.2, 0.25) is 0 Å². The zero-order valence-electron chi connectivity index (χ0n) is 32.6. The molecule has 25 nitrogen and oxygen atoms in total. The van der Waals surface area contributed by atoms with Crippen molar-refractivity contribution >= 4 is 70.5 Å². The highest BCUT2D eigenvalue weighted by molar-refractivity contribution is 6.40. The number of Topliss-reactive ketones (excluding diaryl/α,β-unsaturated/α-hetero) is 6. The second kappa shape index (κ2) is 24.5. The minimum absolute atomic E-state index is 0.608. The topological polar surface area (TPSA) is 391 Å². The van der Waals surface area contributed by atoms with Gasteiger partial charge in [-0.3, -0.25) is 28.8 Å². The van der Waals surface area contributed by atoms with Crippen molar-refractivity contribution in [1.82, 2.24) is 0 Å². The molecule has 6 unspecified atom stereocenters. The molecule has 0 heterocycles. The predicted octanol–water partition coefficient (Wildman–Crippen LogP) is -6.07. The summed E-state index contributed by atoms with van der Waals surface area (Å²) in [6.45, 7) is -1.12. The molecule has 25 heteroatoms. The molecule has 0 saturated heterocycles. The molecule has 0 rings (SSSR count). The van der Waals surface area contributed by atoms with Crippen LogP contribution in [0.2, 0.25) is 0 Å². The summed E-state index contributed by atoms with van der Waals surface area (Å²) in [5, 5.41) is 68.1. The highest BCUT2D eigenvalue weighted by Gasteiger charge is 2.64. The molecule has 0 spiro atoms. The Bertz CT molecular complexity index is 1320. The normalized spacial score (nSPS) is 16.1. The van der Waals surface area contributed by atoms with Crippen LogP contribution in [0.5, 0.6) is 0 Å². The van der Waals surface area contributed by atoms with E-state index in [0.717, 1.165) is 41.5 Å². The van der Waals surface area contributed by atoms with Gasteiger partial charge < -0.3 is 63.8 Å². The van der Waals surface area contributed by atoms with Crippen molar-refractivity contribution in [1.29, 1.82) is 0 Å². The van der Waals surface area contributed by atoms with Gasteiger partial charge in [-0.05, 0) is 41.5 Å². The van der Waals surface area contributed by atoms with Crippen LogP contribution in [0.15, 0.2) is 0 Å². The maximum Gasteiger partial charge on any atom is 0.377 e. The number of esters is 6. The lowest BCUT2D eigenvalue weighted by molar-refractivity contribution is -0.212. The number of hydrogen-bond donors (Lipinski definition) is 6. The highest BCUT2D eigenvalue weighted by atomic mass is 16.6. The van der Waals surface area contributed by atoms with Gasteiger partial charge >= 0.3 is 35.8 Å². The Morgan fingerprint density at radius 3 is 0.576 bits per heavy atom. The molecule has 0 aromatic heterocycles. The van der Waals surface area contributed by atoms with E-state index in [0.29, 0.717) is 0 Å². The van der Waals surface area contributed by atoms with Gasteiger partial charge in [-0.25, -0.2) is 28.8 Å². The van der Waals surface area contributed by atoms with Crippen molar-refractivity contribution in [3.63, 3.8) is 0 Å². The zero-order valence-corrected chi connectivity index (χ0v) is 32.6. The summed E-state index contributed by atoms with van der Waals surface area (Å²) in [6, 6.07) is 0. The van der Waals surface area contributed by atoms with E-state index in [1.54, 1.807) is 0 Å². The van der Waals surface area contributed by atoms with Crippen LogP contribution < -0.4 is 0 Å². The molecule has 0 aliphatic carbocycles. The highest BCUT2D eigenvalue weighted by Crippen LogP contribution is 2.39. The molecule has 0 aliphatic rings. The van der Waals surface area contributed by atoms with Crippen LogP contribution >= 0.6 is 0 Å². The van der Waals surface area contributed by atoms with E-state index in [1.165, 1.54) is 0 Å². The largest absolute Gasteiger partial charge is 0.460 e. The van der Waals surface area contributed by atoms with Gasteiger partial charge in [0, 0.05) is 0 Å². The molecule has 332 valence electrons. The van der Waals surface area contributed by atoms with E-state index in [4.69, 9.17) is 4.74 Å².